The summed E-state index contributed by atoms with van der Waals surface area (Å²) in [6.07, 6.45) is -2.66. The van der Waals surface area contributed by atoms with Crippen molar-refractivity contribution < 1.29 is 38.0 Å². The fourth-order valence-corrected chi connectivity index (χ4v) is 3.98. The number of amides is 1. The van der Waals surface area contributed by atoms with Gasteiger partial charge in [0.15, 0.2) is 0 Å². The normalized spacial score (nSPS) is 18.1. The number of anilines is 2. The van der Waals surface area contributed by atoms with Gasteiger partial charge in [0, 0.05) is 29.0 Å². The number of hydrogen-bond donors (Lipinski definition) is 7. The summed E-state index contributed by atoms with van der Waals surface area (Å²) < 4.78 is 44.0. The van der Waals surface area contributed by atoms with Gasteiger partial charge in [-0.3, -0.25) is 0 Å². The second kappa shape index (κ2) is 14.0. The van der Waals surface area contributed by atoms with Crippen LogP contribution in [0.1, 0.15) is 37.7 Å². The van der Waals surface area contributed by atoms with Crippen molar-refractivity contribution >= 4 is 42.3 Å². The number of halogens is 3. The van der Waals surface area contributed by atoms with Crippen LogP contribution in [0.2, 0.25) is 0 Å². The van der Waals surface area contributed by atoms with Crippen LogP contribution >= 0.6 is 24.6 Å². The van der Waals surface area contributed by atoms with Crippen molar-refractivity contribution in [3.05, 3.63) is 42.2 Å². The number of alkyl carbamates (subject to hydrolysis) is 1. The van der Waals surface area contributed by atoms with Gasteiger partial charge in [0.25, 0.3) is 0 Å². The van der Waals surface area contributed by atoms with E-state index < -0.39 is 30.8 Å². The number of nitrogens with one attached hydrogen (secondary N) is 3. The third-order valence-electron chi connectivity index (χ3n) is 5.15. The molecule has 1 aliphatic carbocycles. The fourth-order valence-electron chi connectivity index (χ4n) is 3.45. The van der Waals surface area contributed by atoms with Gasteiger partial charge in [-0.25, -0.2) is 14.8 Å². The smallest absolute Gasteiger partial charge is 0.407 e. The van der Waals surface area contributed by atoms with Crippen LogP contribution in [0.3, 0.4) is 0 Å². The highest BCUT2D eigenvalue weighted by atomic mass is 32.2. The molecule has 0 saturated heterocycles. The third kappa shape index (κ3) is 11.7. The number of ether oxygens (including phenoxy) is 1. The lowest BCUT2D eigenvalue weighted by molar-refractivity contribution is -0.317. The molecule has 1 aromatic heterocycles. The van der Waals surface area contributed by atoms with E-state index in [-0.39, 0.29) is 18.4 Å². The van der Waals surface area contributed by atoms with Gasteiger partial charge in [-0.1, -0.05) is 0 Å². The molecule has 0 spiro atoms. The van der Waals surface area contributed by atoms with E-state index in [0.29, 0.717) is 16.5 Å². The van der Waals surface area contributed by atoms with Gasteiger partial charge >= 0.3 is 18.4 Å². The van der Waals surface area contributed by atoms with Crippen LogP contribution < -0.4 is 15.4 Å². The summed E-state index contributed by atoms with van der Waals surface area (Å²) in [4.78, 5) is 20.9. The molecule has 2 aromatic rings. The Morgan fingerprint density at radius 2 is 1.76 bits per heavy atom. The van der Waals surface area contributed by atoms with E-state index in [4.69, 9.17) is 20.1 Å². The number of aromatic nitrogens is 2. The van der Waals surface area contributed by atoms with Gasteiger partial charge < -0.3 is 30.7 Å². The lowest BCUT2D eigenvalue weighted by atomic mass is 9.72. The fraction of sp³-hybridized carbons (Fsp3) is 0.500. The molecule has 0 aliphatic heterocycles. The third-order valence-corrected chi connectivity index (χ3v) is 6.03. The number of thiol groups is 1. The van der Waals surface area contributed by atoms with Crippen molar-refractivity contribution in [1.82, 2.24) is 20.0 Å². The molecule has 1 amide bonds. The summed E-state index contributed by atoms with van der Waals surface area (Å²) in [5.41, 5.74) is 1.64. The van der Waals surface area contributed by atoms with Crippen LogP contribution in [-0.4, -0.2) is 62.6 Å². The maximum Gasteiger partial charge on any atom is 0.407 e. The number of carbonyl (C=O) groups excluding carboxylic acids is 1. The molecule has 1 heterocycles. The molecular weight excluding hydrogens is 535 g/mol. The highest BCUT2D eigenvalue weighted by molar-refractivity contribution is 7.97. The van der Waals surface area contributed by atoms with Gasteiger partial charge in [-0.05, 0) is 79.6 Å². The van der Waals surface area contributed by atoms with E-state index in [2.05, 4.69) is 33.2 Å². The predicted octanol–water partition coefficient (Wildman–Crippen LogP) is 3.51. The van der Waals surface area contributed by atoms with Gasteiger partial charge in [0.2, 0.25) is 5.95 Å². The van der Waals surface area contributed by atoms with Crippen molar-refractivity contribution in [3.8, 4) is 0 Å². The minimum atomic E-state index is -4.35. The summed E-state index contributed by atoms with van der Waals surface area (Å²) in [7, 11) is 0. The first kappa shape index (κ1) is 30.9. The van der Waals surface area contributed by atoms with Crippen molar-refractivity contribution in [2.45, 2.75) is 55.3 Å². The van der Waals surface area contributed by atoms with Crippen molar-refractivity contribution in [2.75, 3.05) is 18.2 Å². The first-order chi connectivity index (χ1) is 17.4. The maximum absolute atomic E-state index is 12.3. The standard InChI is InChI=1S/C21H26F3N5O5S.CH4S/c1-12(8-20(22,23)24)27-19(30)34-11-13-6-14(7-13)15-9-25-18(26-10-15)28-16-2-4-17(5-3-16)35-29-21(31,32)33;1-2/h2-5,9-10,12-14,29,31-33H,6-8,11H2,1H3,(H,27,30)(H,25,26,28);2H,1H3. The first-order valence-corrected chi connectivity index (χ1v) is 12.8. The summed E-state index contributed by atoms with van der Waals surface area (Å²) in [5.74, 6) is 0.724. The second-order valence-electron chi connectivity index (χ2n) is 8.33. The van der Waals surface area contributed by atoms with Crippen LogP contribution in [0.5, 0.6) is 0 Å². The largest absolute Gasteiger partial charge is 0.449 e. The summed E-state index contributed by atoms with van der Waals surface area (Å²) in [6.45, 7) is 1.41. The topological polar surface area (TPSA) is 149 Å². The Morgan fingerprint density at radius 1 is 1.16 bits per heavy atom. The summed E-state index contributed by atoms with van der Waals surface area (Å²) >= 11 is 4.36. The van der Waals surface area contributed by atoms with Crippen molar-refractivity contribution in [1.29, 1.82) is 0 Å². The van der Waals surface area contributed by atoms with Gasteiger partial charge in [0.05, 0.1) is 13.0 Å². The molecule has 10 nitrogen and oxygen atoms in total. The number of benzene rings is 1. The number of rotatable bonds is 10. The zero-order valence-electron chi connectivity index (χ0n) is 20.1. The average Bonchev–Trinajstić information content (AvgIpc) is 2.78. The van der Waals surface area contributed by atoms with Crippen LogP contribution in [0.15, 0.2) is 41.6 Å². The molecule has 1 fully saturated rings. The molecule has 15 heteroatoms. The van der Waals surface area contributed by atoms with E-state index in [1.54, 1.807) is 42.9 Å². The average molecular weight is 566 g/mol. The van der Waals surface area contributed by atoms with Crippen LogP contribution in [-0.2, 0) is 4.74 Å². The predicted molar refractivity (Wildman–Crippen MR) is 135 cm³/mol. The zero-order valence-corrected chi connectivity index (χ0v) is 21.8. The van der Waals surface area contributed by atoms with Gasteiger partial charge in [-0.15, -0.1) is 0 Å². The number of hydrogen-bond acceptors (Lipinski definition) is 11. The molecule has 1 aliphatic rings. The molecule has 1 aromatic carbocycles. The molecule has 6 N–H and O–H groups in total. The SMILES string of the molecule is CC(CC(F)(F)F)NC(=O)OCC1CC(c2cnc(Nc3ccc(SNC(O)(O)O)cc3)nc2)C1.CS. The van der Waals surface area contributed by atoms with E-state index in [9.17, 15) is 18.0 Å². The summed E-state index contributed by atoms with van der Waals surface area (Å²) in [5, 5.41) is 31.7. The van der Waals surface area contributed by atoms with E-state index in [0.717, 1.165) is 30.4 Å². The Bertz CT molecular complexity index is 973. The number of aliphatic hydroxyl groups is 3. The van der Waals surface area contributed by atoms with E-state index >= 15 is 0 Å². The lowest BCUT2D eigenvalue weighted by Gasteiger charge is -2.34. The number of carbonyl (C=O) groups is 1. The Kier molecular flexibility index (Phi) is 11.7. The van der Waals surface area contributed by atoms with Crippen LogP contribution in [0.4, 0.5) is 29.6 Å². The van der Waals surface area contributed by atoms with Crippen LogP contribution in [0, 0.1) is 5.92 Å². The van der Waals surface area contributed by atoms with Crippen molar-refractivity contribution in [3.63, 3.8) is 0 Å². The Morgan fingerprint density at radius 3 is 2.30 bits per heavy atom. The Balaban J connectivity index is 0.00000235. The highest BCUT2D eigenvalue weighted by Crippen LogP contribution is 2.41. The minimum Gasteiger partial charge on any atom is -0.449 e. The van der Waals surface area contributed by atoms with Gasteiger partial charge in [0.1, 0.15) is 0 Å². The monoisotopic (exact) mass is 565 g/mol. The quantitative estimate of drug-likeness (QED) is 0.130. The van der Waals surface area contributed by atoms with Crippen molar-refractivity contribution in [2.24, 2.45) is 5.92 Å². The molecule has 3 rings (SSSR count). The Hall–Kier alpha value is -2.30. The Labute approximate surface area is 222 Å². The number of nitrogens with zero attached hydrogens (tertiary/aromatic N) is 2. The number of alkyl halides is 3. The van der Waals surface area contributed by atoms with Gasteiger partial charge in [-0.2, -0.15) is 30.5 Å². The maximum atomic E-state index is 12.3. The van der Waals surface area contributed by atoms with E-state index in [1.165, 1.54) is 6.92 Å². The molecule has 0 bridgehead atoms. The molecular formula is C22H30F3N5O5S2. The molecule has 1 saturated carbocycles. The molecule has 206 valence electrons. The summed E-state index contributed by atoms with van der Waals surface area (Å²) in [6, 6.07) is 5.78. The molecule has 37 heavy (non-hydrogen) atoms. The molecule has 1 unspecified atom stereocenters. The van der Waals surface area contributed by atoms with E-state index in [1.807, 2.05) is 4.72 Å². The van der Waals surface area contributed by atoms with Crippen LogP contribution in [0.25, 0.3) is 0 Å². The minimum absolute atomic E-state index is 0.125. The molecule has 0 radical (unpaired) electrons. The second-order valence-corrected chi connectivity index (χ2v) is 9.21. The highest BCUT2D eigenvalue weighted by Gasteiger charge is 2.33. The lowest BCUT2D eigenvalue weighted by Crippen LogP contribution is -2.40. The molecule has 1 atom stereocenters. The zero-order chi connectivity index (χ0) is 27.6. The first-order valence-electron chi connectivity index (χ1n) is 11.1.